The predicted molar refractivity (Wildman–Crippen MR) is 70.4 cm³/mol. The molecular weight excluding hydrogens is 196 g/mol. The fourth-order valence-electron chi connectivity index (χ4n) is 2.16. The Bertz CT molecular complexity index is 309. The summed E-state index contributed by atoms with van der Waals surface area (Å²) in [5.74, 6) is 0. The normalized spacial score (nSPS) is 13.1. The van der Waals surface area contributed by atoms with Gasteiger partial charge in [0.1, 0.15) is 0 Å². The minimum absolute atomic E-state index is 0.602. The fourth-order valence-corrected chi connectivity index (χ4v) is 2.16. The van der Waals surface area contributed by atoms with Gasteiger partial charge in [-0.1, -0.05) is 36.8 Å². The first-order valence-electron chi connectivity index (χ1n) is 6.13. The van der Waals surface area contributed by atoms with Crippen molar-refractivity contribution in [2.75, 3.05) is 13.6 Å². The molecule has 0 saturated heterocycles. The van der Waals surface area contributed by atoms with Gasteiger partial charge in [0, 0.05) is 12.6 Å². The van der Waals surface area contributed by atoms with Crippen LogP contribution in [0.15, 0.2) is 24.3 Å². The molecule has 0 bridgehead atoms. The second-order valence-electron chi connectivity index (χ2n) is 4.54. The Morgan fingerprint density at radius 1 is 1.38 bits per heavy atom. The Morgan fingerprint density at radius 2 is 2.12 bits per heavy atom. The highest BCUT2D eigenvalue weighted by molar-refractivity contribution is 5.22. The van der Waals surface area contributed by atoms with Gasteiger partial charge in [-0.15, -0.1) is 0 Å². The molecule has 1 aromatic rings. The molecule has 2 N–H and O–H groups in total. The van der Waals surface area contributed by atoms with Crippen LogP contribution >= 0.6 is 0 Å². The standard InChI is InChI=1S/C14H24N2/c1-4-14(8-9-15)16(3)11-13-7-5-6-12(2)10-13/h5-7,10,14H,4,8-9,11,15H2,1-3H3. The summed E-state index contributed by atoms with van der Waals surface area (Å²) in [4.78, 5) is 2.40. The number of rotatable bonds is 6. The SMILES string of the molecule is CCC(CCN)N(C)Cc1cccc(C)c1. The molecule has 1 atom stereocenters. The van der Waals surface area contributed by atoms with Crippen molar-refractivity contribution >= 4 is 0 Å². The van der Waals surface area contributed by atoms with Crippen molar-refractivity contribution in [1.82, 2.24) is 4.90 Å². The molecule has 2 heteroatoms. The maximum Gasteiger partial charge on any atom is 0.0233 e. The minimum Gasteiger partial charge on any atom is -0.330 e. The molecule has 0 fully saturated rings. The van der Waals surface area contributed by atoms with Crippen molar-refractivity contribution in [2.45, 2.75) is 39.3 Å². The van der Waals surface area contributed by atoms with Crippen LogP contribution in [-0.4, -0.2) is 24.5 Å². The van der Waals surface area contributed by atoms with Gasteiger partial charge >= 0.3 is 0 Å². The number of benzene rings is 1. The average molecular weight is 220 g/mol. The molecule has 0 aromatic heterocycles. The molecule has 0 radical (unpaired) electrons. The summed E-state index contributed by atoms with van der Waals surface area (Å²) in [6.45, 7) is 6.16. The van der Waals surface area contributed by atoms with Gasteiger partial charge in [0.25, 0.3) is 0 Å². The summed E-state index contributed by atoms with van der Waals surface area (Å²) < 4.78 is 0. The molecule has 2 nitrogen and oxygen atoms in total. The molecule has 0 saturated carbocycles. The summed E-state index contributed by atoms with van der Waals surface area (Å²) >= 11 is 0. The van der Waals surface area contributed by atoms with Crippen LogP contribution in [0.5, 0.6) is 0 Å². The van der Waals surface area contributed by atoms with Crippen LogP contribution in [0, 0.1) is 6.92 Å². The molecule has 1 unspecified atom stereocenters. The molecule has 1 rings (SSSR count). The van der Waals surface area contributed by atoms with Crippen molar-refractivity contribution in [3.8, 4) is 0 Å². The summed E-state index contributed by atoms with van der Waals surface area (Å²) in [5, 5.41) is 0. The molecule has 0 amide bonds. The van der Waals surface area contributed by atoms with Crippen molar-refractivity contribution in [2.24, 2.45) is 5.73 Å². The van der Waals surface area contributed by atoms with E-state index in [0.29, 0.717) is 6.04 Å². The molecule has 0 aliphatic heterocycles. The number of hydrogen-bond acceptors (Lipinski definition) is 2. The third kappa shape index (κ3) is 3.95. The van der Waals surface area contributed by atoms with E-state index >= 15 is 0 Å². The molecule has 0 aliphatic carbocycles. The minimum atomic E-state index is 0.602. The van der Waals surface area contributed by atoms with E-state index in [4.69, 9.17) is 5.73 Å². The Labute approximate surface area is 99.5 Å². The van der Waals surface area contributed by atoms with Gasteiger partial charge in [0.2, 0.25) is 0 Å². The Kier molecular flexibility index (Phi) is 5.50. The maximum absolute atomic E-state index is 5.63. The van der Waals surface area contributed by atoms with Gasteiger partial charge in [-0.3, -0.25) is 4.90 Å². The molecule has 0 heterocycles. The topological polar surface area (TPSA) is 29.3 Å². The van der Waals surface area contributed by atoms with Crippen LogP contribution < -0.4 is 5.73 Å². The van der Waals surface area contributed by atoms with E-state index in [1.807, 2.05) is 0 Å². The Balaban J connectivity index is 2.58. The number of aryl methyl sites for hydroxylation is 1. The summed E-state index contributed by atoms with van der Waals surface area (Å²) in [7, 11) is 2.19. The van der Waals surface area contributed by atoms with Gasteiger partial charge in [-0.2, -0.15) is 0 Å². The van der Waals surface area contributed by atoms with Crippen molar-refractivity contribution in [3.05, 3.63) is 35.4 Å². The largest absolute Gasteiger partial charge is 0.330 e. The van der Waals surface area contributed by atoms with Crippen LogP contribution in [0.25, 0.3) is 0 Å². The van der Waals surface area contributed by atoms with Crippen LogP contribution in [0.3, 0.4) is 0 Å². The first-order chi connectivity index (χ1) is 7.67. The van der Waals surface area contributed by atoms with Crippen LogP contribution in [0.4, 0.5) is 0 Å². The van der Waals surface area contributed by atoms with Crippen molar-refractivity contribution in [1.29, 1.82) is 0 Å². The van der Waals surface area contributed by atoms with Crippen LogP contribution in [0.2, 0.25) is 0 Å². The van der Waals surface area contributed by atoms with Crippen molar-refractivity contribution in [3.63, 3.8) is 0 Å². The van der Waals surface area contributed by atoms with E-state index < -0.39 is 0 Å². The highest BCUT2D eigenvalue weighted by Crippen LogP contribution is 2.12. The molecule has 1 aromatic carbocycles. The zero-order chi connectivity index (χ0) is 12.0. The first kappa shape index (κ1) is 13.2. The zero-order valence-corrected chi connectivity index (χ0v) is 10.7. The van der Waals surface area contributed by atoms with E-state index in [1.165, 1.54) is 17.5 Å². The monoisotopic (exact) mass is 220 g/mol. The molecule has 16 heavy (non-hydrogen) atoms. The van der Waals surface area contributed by atoms with Gasteiger partial charge in [-0.25, -0.2) is 0 Å². The summed E-state index contributed by atoms with van der Waals surface area (Å²) in [6, 6.07) is 9.32. The molecular formula is C14H24N2. The van der Waals surface area contributed by atoms with E-state index in [2.05, 4.69) is 50.1 Å². The first-order valence-corrected chi connectivity index (χ1v) is 6.13. The quantitative estimate of drug-likeness (QED) is 0.798. The second-order valence-corrected chi connectivity index (χ2v) is 4.54. The molecule has 0 spiro atoms. The maximum atomic E-state index is 5.63. The predicted octanol–water partition coefficient (Wildman–Crippen LogP) is 2.55. The third-order valence-electron chi connectivity index (χ3n) is 3.11. The highest BCUT2D eigenvalue weighted by atomic mass is 15.1. The van der Waals surface area contributed by atoms with E-state index in [-0.39, 0.29) is 0 Å². The van der Waals surface area contributed by atoms with E-state index in [1.54, 1.807) is 0 Å². The number of hydrogen-bond donors (Lipinski definition) is 1. The van der Waals surface area contributed by atoms with Crippen LogP contribution in [-0.2, 0) is 6.54 Å². The van der Waals surface area contributed by atoms with Crippen molar-refractivity contribution < 1.29 is 0 Å². The van der Waals surface area contributed by atoms with Gasteiger partial charge in [0.15, 0.2) is 0 Å². The lowest BCUT2D eigenvalue weighted by atomic mass is 10.1. The second kappa shape index (κ2) is 6.66. The van der Waals surface area contributed by atoms with Gasteiger partial charge < -0.3 is 5.73 Å². The average Bonchev–Trinajstić information content (AvgIpc) is 2.25. The van der Waals surface area contributed by atoms with Crippen LogP contribution in [0.1, 0.15) is 30.9 Å². The van der Waals surface area contributed by atoms with Gasteiger partial charge in [-0.05, 0) is 38.9 Å². The number of nitrogens with zero attached hydrogens (tertiary/aromatic N) is 1. The lowest BCUT2D eigenvalue weighted by Crippen LogP contribution is -2.32. The van der Waals surface area contributed by atoms with Gasteiger partial charge in [0.05, 0.1) is 0 Å². The molecule has 0 aliphatic rings. The molecule has 90 valence electrons. The lowest BCUT2D eigenvalue weighted by Gasteiger charge is -2.26. The smallest absolute Gasteiger partial charge is 0.0233 e. The summed E-state index contributed by atoms with van der Waals surface area (Å²) in [6.07, 6.45) is 2.25. The third-order valence-corrected chi connectivity index (χ3v) is 3.11. The highest BCUT2D eigenvalue weighted by Gasteiger charge is 2.11. The lowest BCUT2D eigenvalue weighted by molar-refractivity contribution is 0.218. The zero-order valence-electron chi connectivity index (χ0n) is 10.7. The Hall–Kier alpha value is -0.860. The van der Waals surface area contributed by atoms with E-state index in [9.17, 15) is 0 Å². The number of nitrogens with two attached hydrogens (primary N) is 1. The summed E-state index contributed by atoms with van der Waals surface area (Å²) in [5.41, 5.74) is 8.35. The Morgan fingerprint density at radius 3 is 2.69 bits per heavy atom. The fraction of sp³-hybridized carbons (Fsp3) is 0.571. The van der Waals surface area contributed by atoms with E-state index in [0.717, 1.165) is 19.5 Å².